The minimum Gasteiger partial charge on any atom is -0.440 e. The summed E-state index contributed by atoms with van der Waals surface area (Å²) in [5, 5.41) is 8.39. The van der Waals surface area contributed by atoms with E-state index >= 15 is 0 Å². The number of piperidine rings is 1. The van der Waals surface area contributed by atoms with Gasteiger partial charge in [-0.25, -0.2) is 4.98 Å². The van der Waals surface area contributed by atoms with Crippen molar-refractivity contribution in [3.8, 4) is 17.0 Å². The van der Waals surface area contributed by atoms with Gasteiger partial charge in [0.2, 0.25) is 0 Å². The van der Waals surface area contributed by atoms with Crippen molar-refractivity contribution in [2.24, 2.45) is 0 Å². The highest BCUT2D eigenvalue weighted by Crippen LogP contribution is 2.35. The van der Waals surface area contributed by atoms with Crippen LogP contribution in [0.5, 0.6) is 0 Å². The van der Waals surface area contributed by atoms with Gasteiger partial charge in [-0.3, -0.25) is 9.18 Å². The van der Waals surface area contributed by atoms with Crippen LogP contribution in [0.2, 0.25) is 0 Å². The van der Waals surface area contributed by atoms with Crippen LogP contribution < -0.4 is 0 Å². The molecule has 3 heterocycles. The maximum absolute atomic E-state index is 13.7. The molecule has 4 aromatic rings. The van der Waals surface area contributed by atoms with Gasteiger partial charge in [-0.15, -0.1) is 0 Å². The van der Waals surface area contributed by atoms with E-state index in [1.807, 2.05) is 81.1 Å². The molecule has 0 radical (unpaired) electrons. The molecule has 1 aliphatic rings. The monoisotopic (exact) mass is 519 g/mol. The Bertz CT molecular complexity index is 1260. The van der Waals surface area contributed by atoms with Crippen molar-refractivity contribution in [3.63, 3.8) is 0 Å². The van der Waals surface area contributed by atoms with E-state index in [2.05, 4.69) is 22.1 Å². The van der Waals surface area contributed by atoms with E-state index in [0.717, 1.165) is 18.4 Å². The van der Waals surface area contributed by atoms with E-state index in [1.165, 1.54) is 4.80 Å². The molecule has 0 spiro atoms. The lowest BCUT2D eigenvalue weighted by Gasteiger charge is -2.37. The first-order chi connectivity index (χ1) is 18.7. The van der Waals surface area contributed by atoms with E-state index in [0.29, 0.717) is 35.1 Å². The first kappa shape index (κ1) is 28.8. The van der Waals surface area contributed by atoms with Crippen LogP contribution in [0, 0.1) is 0 Å². The lowest BCUT2D eigenvalue weighted by Crippen LogP contribution is -2.45. The van der Waals surface area contributed by atoms with Gasteiger partial charge in [-0.05, 0) is 31.9 Å². The Balaban J connectivity index is 0.000000956. The zero-order valence-corrected chi connectivity index (χ0v) is 23.0. The molecule has 0 saturated carbocycles. The molecule has 202 valence electrons. The lowest BCUT2D eigenvalue weighted by molar-refractivity contribution is 0.0597. The first-order valence-corrected chi connectivity index (χ1v) is 13.5. The van der Waals surface area contributed by atoms with E-state index in [9.17, 15) is 9.18 Å². The predicted molar refractivity (Wildman–Crippen MR) is 148 cm³/mol. The Morgan fingerprint density at radius 3 is 2.32 bits per heavy atom. The van der Waals surface area contributed by atoms with Crippen molar-refractivity contribution < 1.29 is 13.6 Å². The Morgan fingerprint density at radius 2 is 1.63 bits per heavy atom. The number of aromatic nitrogens is 4. The van der Waals surface area contributed by atoms with Gasteiger partial charge >= 0.3 is 0 Å². The molecule has 8 heteroatoms. The molecule has 0 aliphatic carbocycles. The fourth-order valence-electron chi connectivity index (χ4n) is 4.53. The third kappa shape index (κ3) is 6.36. The number of benzene rings is 2. The van der Waals surface area contributed by atoms with Gasteiger partial charge in [0.05, 0.1) is 41.9 Å². The summed E-state index contributed by atoms with van der Waals surface area (Å²) < 4.78 is 19.4. The summed E-state index contributed by atoms with van der Waals surface area (Å²) in [7, 11) is 0. The normalized spacial score (nSPS) is 16.6. The standard InChI is InChI=1S/C26H26FN5O2.2C2H6/c1-18-11-12-20(25-30-22(13-14-27)24(34-25)19-7-3-2-4-8-19)17-31(18)26(33)21-9-5-6-10-23(21)32-28-15-16-29-32;2*1-2/h2-10,15-16,18,20H,11-14,17H2,1H3;2*1-2H3/t18-,20-;;/m1../s1. The third-order valence-corrected chi connectivity index (χ3v) is 6.34. The van der Waals surface area contributed by atoms with E-state index in [4.69, 9.17) is 4.42 Å². The summed E-state index contributed by atoms with van der Waals surface area (Å²) in [6, 6.07) is 17.1. The van der Waals surface area contributed by atoms with E-state index < -0.39 is 6.67 Å². The van der Waals surface area contributed by atoms with Gasteiger partial charge in [0.15, 0.2) is 11.7 Å². The maximum atomic E-state index is 13.7. The Hall–Kier alpha value is -3.81. The van der Waals surface area contributed by atoms with E-state index in [-0.39, 0.29) is 24.3 Å². The number of aryl methyl sites for hydroxylation is 1. The summed E-state index contributed by atoms with van der Waals surface area (Å²) in [4.78, 5) is 21.7. The topological polar surface area (TPSA) is 77.0 Å². The number of halogens is 1. The Morgan fingerprint density at radius 1 is 0.974 bits per heavy atom. The van der Waals surface area contributed by atoms with Crippen molar-refractivity contribution in [1.82, 2.24) is 24.9 Å². The number of nitrogens with zero attached hydrogens (tertiary/aromatic N) is 5. The molecule has 2 aromatic heterocycles. The van der Waals surface area contributed by atoms with Crippen LogP contribution in [-0.4, -0.2) is 50.0 Å². The number of hydrogen-bond donors (Lipinski definition) is 0. The summed E-state index contributed by atoms with van der Waals surface area (Å²) in [5.74, 6) is 1.03. The Kier molecular flexibility index (Phi) is 10.8. The molecule has 1 saturated heterocycles. The van der Waals surface area contributed by atoms with Crippen LogP contribution in [0.25, 0.3) is 17.0 Å². The molecule has 5 rings (SSSR count). The second-order valence-corrected chi connectivity index (χ2v) is 8.55. The number of para-hydroxylation sites is 1. The van der Waals surface area contributed by atoms with Crippen LogP contribution in [0.15, 0.2) is 71.4 Å². The van der Waals surface area contributed by atoms with Crippen LogP contribution in [-0.2, 0) is 6.42 Å². The van der Waals surface area contributed by atoms with Crippen molar-refractivity contribution in [2.45, 2.75) is 65.8 Å². The quantitative estimate of drug-likeness (QED) is 0.277. The van der Waals surface area contributed by atoms with Gasteiger partial charge in [0.25, 0.3) is 5.91 Å². The maximum Gasteiger partial charge on any atom is 0.256 e. The molecular formula is C30H38FN5O2. The molecule has 0 unspecified atom stereocenters. The highest BCUT2D eigenvalue weighted by molar-refractivity contribution is 5.98. The highest BCUT2D eigenvalue weighted by atomic mass is 19.1. The van der Waals surface area contributed by atoms with Crippen molar-refractivity contribution >= 4 is 5.91 Å². The van der Waals surface area contributed by atoms with Crippen molar-refractivity contribution in [3.05, 3.63) is 84.1 Å². The number of alkyl halides is 1. The van der Waals surface area contributed by atoms with Gasteiger partial charge < -0.3 is 9.32 Å². The number of oxazole rings is 1. The number of amides is 1. The van der Waals surface area contributed by atoms with Gasteiger partial charge in [0.1, 0.15) is 0 Å². The lowest BCUT2D eigenvalue weighted by atomic mass is 9.92. The summed E-state index contributed by atoms with van der Waals surface area (Å²) in [5.41, 5.74) is 2.68. The van der Waals surface area contributed by atoms with Crippen LogP contribution in [0.3, 0.4) is 0 Å². The molecule has 2 atom stereocenters. The zero-order chi connectivity index (χ0) is 27.5. The molecule has 1 amide bonds. The minimum atomic E-state index is -0.504. The molecule has 1 aliphatic heterocycles. The minimum absolute atomic E-state index is 0.0639. The molecule has 0 N–H and O–H groups in total. The van der Waals surface area contributed by atoms with Crippen molar-refractivity contribution in [2.75, 3.05) is 13.2 Å². The summed E-state index contributed by atoms with van der Waals surface area (Å²) in [6.45, 7) is 10.0. The first-order valence-electron chi connectivity index (χ1n) is 13.5. The second-order valence-electron chi connectivity index (χ2n) is 8.55. The molecule has 2 aromatic carbocycles. The van der Waals surface area contributed by atoms with E-state index in [1.54, 1.807) is 18.5 Å². The molecule has 1 fully saturated rings. The average molecular weight is 520 g/mol. The van der Waals surface area contributed by atoms with Gasteiger partial charge in [-0.1, -0.05) is 70.2 Å². The summed E-state index contributed by atoms with van der Waals surface area (Å²) in [6.07, 6.45) is 5.03. The Labute approximate surface area is 224 Å². The number of likely N-dealkylation sites (tertiary alicyclic amines) is 1. The third-order valence-electron chi connectivity index (χ3n) is 6.34. The average Bonchev–Trinajstić information content (AvgIpc) is 3.67. The predicted octanol–water partition coefficient (Wildman–Crippen LogP) is 6.90. The highest BCUT2D eigenvalue weighted by Gasteiger charge is 2.34. The molecule has 38 heavy (non-hydrogen) atoms. The largest absolute Gasteiger partial charge is 0.440 e. The van der Waals surface area contributed by atoms with Crippen LogP contribution in [0.1, 0.15) is 75.3 Å². The van der Waals surface area contributed by atoms with Crippen LogP contribution >= 0.6 is 0 Å². The SMILES string of the molecule is CC.CC.C[C@@H]1CC[C@@H](c2nc(CCF)c(-c3ccccc3)o2)CN1C(=O)c1ccccc1-n1nccn1. The van der Waals surface area contributed by atoms with Gasteiger partial charge in [-0.2, -0.15) is 15.0 Å². The fraction of sp³-hybridized carbons (Fsp3) is 0.400. The fourth-order valence-corrected chi connectivity index (χ4v) is 4.53. The number of carbonyl (C=O) groups is 1. The summed E-state index contributed by atoms with van der Waals surface area (Å²) >= 11 is 0. The second kappa shape index (κ2) is 14.2. The smallest absolute Gasteiger partial charge is 0.256 e. The molecule has 7 nitrogen and oxygen atoms in total. The molecule has 0 bridgehead atoms. The zero-order valence-electron chi connectivity index (χ0n) is 23.0. The number of carbonyl (C=O) groups excluding carboxylic acids is 1. The number of rotatable bonds is 6. The number of hydrogen-bond acceptors (Lipinski definition) is 5. The van der Waals surface area contributed by atoms with Crippen molar-refractivity contribution in [1.29, 1.82) is 0 Å². The molecular weight excluding hydrogens is 481 g/mol. The van der Waals surface area contributed by atoms with Crippen LogP contribution in [0.4, 0.5) is 4.39 Å². The van der Waals surface area contributed by atoms with Gasteiger partial charge in [0, 0.05) is 24.6 Å².